The third-order valence-corrected chi connectivity index (χ3v) is 7.76. The molecule has 0 saturated carbocycles. The van der Waals surface area contributed by atoms with Gasteiger partial charge in [0.1, 0.15) is 5.75 Å². The van der Waals surface area contributed by atoms with Crippen molar-refractivity contribution in [1.29, 1.82) is 0 Å². The maximum atomic E-state index is 11.5. The molecule has 43 heavy (non-hydrogen) atoms. The number of carbonyl (C=O) groups is 4. The average Bonchev–Trinajstić information content (AvgIpc) is 2.96. The lowest BCUT2D eigenvalue weighted by Crippen LogP contribution is -2.42. The van der Waals surface area contributed by atoms with Gasteiger partial charge in [0, 0.05) is 25.3 Å². The van der Waals surface area contributed by atoms with E-state index in [1.165, 1.54) is 17.5 Å². The summed E-state index contributed by atoms with van der Waals surface area (Å²) in [5, 5.41) is 36.5. The predicted molar refractivity (Wildman–Crippen MR) is 155 cm³/mol. The Morgan fingerprint density at radius 2 is 1.65 bits per heavy atom. The summed E-state index contributed by atoms with van der Waals surface area (Å²) in [5.74, 6) is -4.32. The molecule has 2 aromatic carbocycles. The number of likely N-dealkylation sites (tertiary alicyclic amines) is 1. The highest BCUT2D eigenvalue weighted by Crippen LogP contribution is 2.37. The van der Waals surface area contributed by atoms with Gasteiger partial charge in [-0.3, -0.25) is 14.5 Å². The van der Waals surface area contributed by atoms with Crippen LogP contribution < -0.4 is 10.1 Å². The maximum Gasteiger partial charge on any atom is 0.412 e. The first kappa shape index (κ1) is 33.5. The number of rotatable bonds is 13. The molecule has 5 N–H and O–H groups in total. The third-order valence-electron chi connectivity index (χ3n) is 7.76. The molecule has 234 valence electrons. The first-order valence-electron chi connectivity index (χ1n) is 14.2. The van der Waals surface area contributed by atoms with E-state index in [2.05, 4.69) is 59.6 Å². The number of benzene rings is 2. The Bertz CT molecular complexity index is 1240. The van der Waals surface area contributed by atoms with E-state index in [1.54, 1.807) is 0 Å². The van der Waals surface area contributed by atoms with Crippen LogP contribution in [0.3, 0.4) is 0 Å². The lowest BCUT2D eigenvalue weighted by molar-refractivity contribution is -0.170. The summed E-state index contributed by atoms with van der Waals surface area (Å²) in [6.45, 7) is 7.28. The van der Waals surface area contributed by atoms with Gasteiger partial charge in [0.15, 0.2) is 5.60 Å². The number of carboxylic acids is 3. The van der Waals surface area contributed by atoms with Gasteiger partial charge in [-0.15, -0.1) is 0 Å². The van der Waals surface area contributed by atoms with Crippen molar-refractivity contribution in [2.24, 2.45) is 5.41 Å². The Morgan fingerprint density at radius 3 is 2.23 bits per heavy atom. The summed E-state index contributed by atoms with van der Waals surface area (Å²) in [5.41, 5.74) is 1.17. The number of hydrogen-bond donors (Lipinski definition) is 5. The molecule has 1 amide bonds. The van der Waals surface area contributed by atoms with Gasteiger partial charge in [-0.2, -0.15) is 0 Å². The largest absolute Gasteiger partial charge is 0.481 e. The number of aliphatic hydroxyl groups is 1. The van der Waals surface area contributed by atoms with Crippen LogP contribution in [-0.2, 0) is 38.6 Å². The first-order chi connectivity index (χ1) is 20.4. The molecule has 2 aromatic rings. The quantitative estimate of drug-likeness (QED) is 0.227. The molecular weight excluding hydrogens is 560 g/mol. The van der Waals surface area contributed by atoms with Gasteiger partial charge >= 0.3 is 24.0 Å². The summed E-state index contributed by atoms with van der Waals surface area (Å²) in [6, 6.07) is 17.0. The van der Waals surface area contributed by atoms with E-state index in [0.29, 0.717) is 12.3 Å². The van der Waals surface area contributed by atoms with Crippen LogP contribution in [0, 0.1) is 5.41 Å². The highest BCUT2D eigenvalue weighted by molar-refractivity contribution is 5.88. The van der Waals surface area contributed by atoms with Crippen LogP contribution in [0.2, 0.25) is 0 Å². The summed E-state index contributed by atoms with van der Waals surface area (Å²) < 4.78 is 11.2. The molecule has 2 heterocycles. The summed E-state index contributed by atoms with van der Waals surface area (Å²) >= 11 is 0. The van der Waals surface area contributed by atoms with Gasteiger partial charge < -0.3 is 35.2 Å². The maximum absolute atomic E-state index is 11.5. The van der Waals surface area contributed by atoms with Crippen molar-refractivity contribution in [3.8, 4) is 5.75 Å². The van der Waals surface area contributed by atoms with Gasteiger partial charge in [0.05, 0.1) is 19.4 Å². The van der Waals surface area contributed by atoms with Gasteiger partial charge in [0.25, 0.3) is 0 Å². The number of fused-ring (bicyclic) bond motifs is 1. The molecule has 4 rings (SSSR count). The number of nitrogens with one attached hydrogen (secondary N) is 1. The second kappa shape index (κ2) is 15.5. The van der Waals surface area contributed by atoms with Crippen LogP contribution in [0.1, 0.15) is 55.7 Å². The molecule has 2 aliphatic rings. The van der Waals surface area contributed by atoms with E-state index in [-0.39, 0.29) is 11.5 Å². The molecule has 2 aliphatic heterocycles. The van der Waals surface area contributed by atoms with Crippen LogP contribution in [0.15, 0.2) is 48.5 Å². The van der Waals surface area contributed by atoms with E-state index in [4.69, 9.17) is 29.9 Å². The monoisotopic (exact) mass is 600 g/mol. The number of aryl methyl sites for hydroxylation is 1. The number of piperidine rings is 1. The fourth-order valence-corrected chi connectivity index (χ4v) is 5.24. The minimum Gasteiger partial charge on any atom is -0.481 e. The van der Waals surface area contributed by atoms with Gasteiger partial charge in [-0.05, 0) is 68.3 Å². The Labute approximate surface area is 250 Å². The van der Waals surface area contributed by atoms with Crippen molar-refractivity contribution >= 4 is 24.0 Å². The minimum absolute atomic E-state index is 0.263. The Hall–Kier alpha value is -4.00. The standard InChI is InChI=1S/C25H32N2O3.C6H8O7/c1-2-29-19-25(11-10-20-6-4-3-5-7-20)12-14-27(15-13-25)18-21-8-9-22-17-26-24(28)30-23(22)16-21;7-3(8)1-6(13,5(11)12)2-4(9)10/h3-9,16H,2,10-15,17-19H2,1H3,(H,26,28);13H,1-2H2,(H,7,8)(H,9,10)(H,11,12). The lowest BCUT2D eigenvalue weighted by Gasteiger charge is -2.42. The minimum atomic E-state index is -2.74. The number of aliphatic carboxylic acids is 3. The summed E-state index contributed by atoms with van der Waals surface area (Å²) in [7, 11) is 0. The SMILES string of the molecule is CCOCC1(CCc2ccccc2)CCN(Cc2ccc3c(c2)OC(=O)NC3)CC1.O=C(O)CC(O)(CC(=O)O)C(=O)O. The number of hydrogen-bond acceptors (Lipinski definition) is 8. The number of amides is 1. The summed E-state index contributed by atoms with van der Waals surface area (Å²) in [6.07, 6.45) is 1.94. The Morgan fingerprint density at radius 1 is 1.00 bits per heavy atom. The normalized spacial score (nSPS) is 16.1. The molecule has 0 aliphatic carbocycles. The van der Waals surface area contributed by atoms with E-state index < -0.39 is 36.4 Å². The molecule has 0 bridgehead atoms. The van der Waals surface area contributed by atoms with Crippen molar-refractivity contribution in [2.45, 2.75) is 64.1 Å². The van der Waals surface area contributed by atoms with Gasteiger partial charge in [-0.25, -0.2) is 9.59 Å². The van der Waals surface area contributed by atoms with Crippen molar-refractivity contribution in [1.82, 2.24) is 10.2 Å². The molecule has 12 heteroatoms. The average molecular weight is 601 g/mol. The second-order valence-electron chi connectivity index (χ2n) is 11.1. The topological polar surface area (TPSA) is 183 Å². The highest BCUT2D eigenvalue weighted by Gasteiger charge is 2.41. The molecule has 1 fully saturated rings. The predicted octanol–water partition coefficient (Wildman–Crippen LogP) is 3.29. The third kappa shape index (κ3) is 10.3. The van der Waals surface area contributed by atoms with E-state index in [9.17, 15) is 19.2 Å². The van der Waals surface area contributed by atoms with Crippen molar-refractivity contribution in [3.05, 3.63) is 65.2 Å². The molecule has 0 unspecified atom stereocenters. The molecule has 1 saturated heterocycles. The Kier molecular flexibility index (Phi) is 12.0. The van der Waals surface area contributed by atoms with Gasteiger partial charge in [0.2, 0.25) is 0 Å². The number of ether oxygens (including phenoxy) is 2. The van der Waals surface area contributed by atoms with E-state index in [0.717, 1.165) is 57.7 Å². The zero-order valence-corrected chi connectivity index (χ0v) is 24.3. The number of nitrogens with zero attached hydrogens (tertiary/aromatic N) is 1. The molecule has 0 radical (unpaired) electrons. The first-order valence-corrected chi connectivity index (χ1v) is 14.2. The van der Waals surface area contributed by atoms with Crippen molar-refractivity contribution in [3.63, 3.8) is 0 Å². The molecule has 0 atom stereocenters. The summed E-state index contributed by atoms with van der Waals surface area (Å²) in [4.78, 5) is 44.5. The zero-order valence-electron chi connectivity index (χ0n) is 24.3. The van der Waals surface area contributed by atoms with Crippen LogP contribution >= 0.6 is 0 Å². The highest BCUT2D eigenvalue weighted by atomic mass is 16.6. The lowest BCUT2D eigenvalue weighted by atomic mass is 9.74. The number of carboxylic acid groups (broad SMARTS) is 3. The second-order valence-corrected chi connectivity index (χ2v) is 11.1. The van der Waals surface area contributed by atoms with Gasteiger partial charge in [-0.1, -0.05) is 42.5 Å². The number of carbonyl (C=O) groups excluding carboxylic acids is 1. The van der Waals surface area contributed by atoms with Crippen LogP contribution in [0.4, 0.5) is 4.79 Å². The van der Waals surface area contributed by atoms with Crippen LogP contribution in [0.25, 0.3) is 0 Å². The van der Waals surface area contributed by atoms with E-state index in [1.807, 2.05) is 6.07 Å². The molecular formula is C31H40N2O10. The fourth-order valence-electron chi connectivity index (χ4n) is 5.24. The smallest absolute Gasteiger partial charge is 0.412 e. The molecule has 0 aromatic heterocycles. The van der Waals surface area contributed by atoms with Crippen LogP contribution in [0.5, 0.6) is 5.75 Å². The van der Waals surface area contributed by atoms with Crippen LogP contribution in [-0.4, -0.2) is 81.2 Å². The van der Waals surface area contributed by atoms with Crippen molar-refractivity contribution < 1.29 is 49.1 Å². The molecule has 12 nitrogen and oxygen atoms in total. The van der Waals surface area contributed by atoms with Crippen molar-refractivity contribution in [2.75, 3.05) is 26.3 Å². The van der Waals surface area contributed by atoms with E-state index >= 15 is 0 Å². The molecule has 0 spiro atoms. The Balaban J connectivity index is 0.000000331. The zero-order chi connectivity index (χ0) is 31.5. The fraction of sp³-hybridized carbons (Fsp3) is 0.484.